The van der Waals surface area contributed by atoms with Crippen molar-refractivity contribution < 1.29 is 5.11 Å². The second-order valence-electron chi connectivity index (χ2n) is 3.82. The Morgan fingerprint density at radius 2 is 2.38 bits per heavy atom. The Morgan fingerprint density at radius 3 is 3.08 bits per heavy atom. The van der Waals surface area contributed by atoms with Crippen molar-refractivity contribution in [2.45, 2.75) is 18.9 Å². The van der Waals surface area contributed by atoms with Crippen molar-refractivity contribution in [2.24, 2.45) is 0 Å². The van der Waals surface area contributed by atoms with E-state index in [0.717, 1.165) is 17.1 Å². The lowest BCUT2D eigenvalue weighted by molar-refractivity contribution is 0.227. The molecule has 0 saturated carbocycles. The molecule has 1 atom stereocenters. The molecule has 1 unspecified atom stereocenters. The minimum atomic E-state index is -0.215. The molecule has 1 aliphatic heterocycles. The van der Waals surface area contributed by atoms with Gasteiger partial charge in [-0.3, -0.25) is 0 Å². The van der Waals surface area contributed by atoms with E-state index in [0.29, 0.717) is 0 Å². The third-order valence-electron chi connectivity index (χ3n) is 2.44. The summed E-state index contributed by atoms with van der Waals surface area (Å²) in [5, 5.41) is 13.2. The second kappa shape index (κ2) is 2.89. The highest BCUT2D eigenvalue weighted by Crippen LogP contribution is 2.33. The number of hydrogen-bond acceptors (Lipinski definition) is 2. The van der Waals surface area contributed by atoms with Gasteiger partial charge >= 0.3 is 0 Å². The summed E-state index contributed by atoms with van der Waals surface area (Å²) in [4.78, 5) is 0. The topological polar surface area (TPSA) is 32.3 Å². The van der Waals surface area contributed by atoms with Crippen molar-refractivity contribution in [3.63, 3.8) is 0 Å². The first-order chi connectivity index (χ1) is 6.13. The summed E-state index contributed by atoms with van der Waals surface area (Å²) in [6.45, 7) is 2.14. The number of halogens is 1. The zero-order valence-corrected chi connectivity index (χ0v) is 8.23. The van der Waals surface area contributed by atoms with E-state index in [1.165, 1.54) is 5.56 Å². The molecule has 0 radical (unpaired) electrons. The van der Waals surface area contributed by atoms with E-state index in [2.05, 4.69) is 5.32 Å². The van der Waals surface area contributed by atoms with Crippen LogP contribution in [0.2, 0.25) is 5.02 Å². The van der Waals surface area contributed by atoms with Gasteiger partial charge in [0.05, 0.1) is 12.1 Å². The molecule has 0 aliphatic carbocycles. The van der Waals surface area contributed by atoms with Crippen LogP contribution in [0.25, 0.3) is 0 Å². The molecular formula is C10H12ClNO. The number of hydrogen-bond donors (Lipinski definition) is 2. The first-order valence-corrected chi connectivity index (χ1v) is 4.68. The van der Waals surface area contributed by atoms with E-state index in [1.807, 2.05) is 25.1 Å². The van der Waals surface area contributed by atoms with Gasteiger partial charge in [-0.15, -0.1) is 0 Å². The highest BCUT2D eigenvalue weighted by Gasteiger charge is 2.31. The fraction of sp³-hybridized carbons (Fsp3) is 0.400. The van der Waals surface area contributed by atoms with E-state index >= 15 is 0 Å². The van der Waals surface area contributed by atoms with Gasteiger partial charge in [0, 0.05) is 10.7 Å². The normalized spacial score (nSPS) is 25.5. The van der Waals surface area contributed by atoms with E-state index in [1.54, 1.807) is 0 Å². The largest absolute Gasteiger partial charge is 0.394 e. The third-order valence-corrected chi connectivity index (χ3v) is 2.67. The van der Waals surface area contributed by atoms with Crippen molar-refractivity contribution >= 4 is 17.3 Å². The molecule has 1 aliphatic rings. The van der Waals surface area contributed by atoms with Gasteiger partial charge in [0.25, 0.3) is 0 Å². The molecule has 1 aromatic carbocycles. The molecule has 2 N–H and O–H groups in total. The van der Waals surface area contributed by atoms with E-state index in [-0.39, 0.29) is 12.1 Å². The molecule has 0 saturated heterocycles. The number of aliphatic hydroxyl groups excluding tert-OH is 1. The van der Waals surface area contributed by atoms with E-state index in [9.17, 15) is 5.11 Å². The fourth-order valence-corrected chi connectivity index (χ4v) is 1.88. The monoisotopic (exact) mass is 197 g/mol. The van der Waals surface area contributed by atoms with Gasteiger partial charge in [-0.2, -0.15) is 0 Å². The fourth-order valence-electron chi connectivity index (χ4n) is 1.70. The predicted molar refractivity (Wildman–Crippen MR) is 54.3 cm³/mol. The molecule has 0 fully saturated rings. The van der Waals surface area contributed by atoms with Crippen LogP contribution < -0.4 is 5.32 Å². The molecule has 13 heavy (non-hydrogen) atoms. The molecule has 2 nitrogen and oxygen atoms in total. The minimum Gasteiger partial charge on any atom is -0.394 e. The van der Waals surface area contributed by atoms with E-state index < -0.39 is 0 Å². The van der Waals surface area contributed by atoms with Crippen LogP contribution in [0.5, 0.6) is 0 Å². The van der Waals surface area contributed by atoms with Crippen LogP contribution in [0.15, 0.2) is 18.2 Å². The summed E-state index contributed by atoms with van der Waals surface area (Å²) in [7, 11) is 0. The SMILES string of the molecule is CC1(CO)Cc2ccc(Cl)cc2N1. The van der Waals surface area contributed by atoms with Crippen LogP contribution in [0.3, 0.4) is 0 Å². The van der Waals surface area contributed by atoms with Crippen LogP contribution >= 0.6 is 11.6 Å². The summed E-state index contributed by atoms with van der Waals surface area (Å²) < 4.78 is 0. The van der Waals surface area contributed by atoms with Crippen molar-refractivity contribution in [1.29, 1.82) is 0 Å². The molecule has 2 rings (SSSR count). The lowest BCUT2D eigenvalue weighted by atomic mass is 9.99. The smallest absolute Gasteiger partial charge is 0.0662 e. The van der Waals surface area contributed by atoms with Gasteiger partial charge in [0.1, 0.15) is 0 Å². The summed E-state index contributed by atoms with van der Waals surface area (Å²) in [6.07, 6.45) is 0.857. The standard InChI is InChI=1S/C10H12ClNO/c1-10(6-13)5-7-2-3-8(11)4-9(7)12-10/h2-4,12-13H,5-6H2,1H3. The number of aliphatic hydroxyl groups is 1. The van der Waals surface area contributed by atoms with Crippen LogP contribution in [-0.4, -0.2) is 17.3 Å². The molecule has 0 amide bonds. The summed E-state index contributed by atoms with van der Waals surface area (Å²) >= 11 is 5.86. The highest BCUT2D eigenvalue weighted by molar-refractivity contribution is 6.30. The number of anilines is 1. The molecule has 1 aromatic rings. The number of fused-ring (bicyclic) bond motifs is 1. The number of nitrogens with one attached hydrogen (secondary N) is 1. The van der Waals surface area contributed by atoms with Gasteiger partial charge in [-0.05, 0) is 31.0 Å². The maximum Gasteiger partial charge on any atom is 0.0662 e. The summed E-state index contributed by atoms with van der Waals surface area (Å²) in [6, 6.07) is 5.79. The highest BCUT2D eigenvalue weighted by atomic mass is 35.5. The van der Waals surface area contributed by atoms with Crippen LogP contribution in [0.1, 0.15) is 12.5 Å². The number of benzene rings is 1. The Hall–Kier alpha value is -0.730. The average molecular weight is 198 g/mol. The van der Waals surface area contributed by atoms with Gasteiger partial charge in [0.2, 0.25) is 0 Å². The lowest BCUT2D eigenvalue weighted by Gasteiger charge is -2.21. The van der Waals surface area contributed by atoms with Gasteiger partial charge in [-0.1, -0.05) is 17.7 Å². The predicted octanol–water partition coefficient (Wildman–Crippen LogP) is 2.06. The van der Waals surface area contributed by atoms with Crippen LogP contribution in [0, 0.1) is 0 Å². The van der Waals surface area contributed by atoms with Gasteiger partial charge < -0.3 is 10.4 Å². The summed E-state index contributed by atoms with van der Waals surface area (Å²) in [5.74, 6) is 0. The molecule has 3 heteroatoms. The Labute approximate surface area is 82.5 Å². The maximum atomic E-state index is 9.17. The third kappa shape index (κ3) is 1.52. The molecule has 70 valence electrons. The zero-order valence-electron chi connectivity index (χ0n) is 7.47. The van der Waals surface area contributed by atoms with Crippen molar-refractivity contribution in [2.75, 3.05) is 11.9 Å². The summed E-state index contributed by atoms with van der Waals surface area (Å²) in [5.41, 5.74) is 2.05. The van der Waals surface area contributed by atoms with Gasteiger partial charge in [0.15, 0.2) is 0 Å². The maximum absolute atomic E-state index is 9.17. The minimum absolute atomic E-state index is 0.138. The van der Waals surface area contributed by atoms with Crippen molar-refractivity contribution in [3.05, 3.63) is 28.8 Å². The zero-order chi connectivity index (χ0) is 9.47. The molecule has 1 heterocycles. The molecule has 0 spiro atoms. The van der Waals surface area contributed by atoms with Crippen molar-refractivity contribution in [1.82, 2.24) is 0 Å². The Morgan fingerprint density at radius 1 is 1.62 bits per heavy atom. The quantitative estimate of drug-likeness (QED) is 0.723. The molecule has 0 aromatic heterocycles. The molecular weight excluding hydrogens is 186 g/mol. The first kappa shape index (κ1) is 8.85. The van der Waals surface area contributed by atoms with E-state index in [4.69, 9.17) is 11.6 Å². The Balaban J connectivity index is 2.35. The van der Waals surface area contributed by atoms with Crippen LogP contribution in [-0.2, 0) is 6.42 Å². The lowest BCUT2D eigenvalue weighted by Crippen LogP contribution is -2.36. The number of rotatable bonds is 1. The Bertz CT molecular complexity index is 340. The van der Waals surface area contributed by atoms with Crippen molar-refractivity contribution in [3.8, 4) is 0 Å². The Kier molecular flexibility index (Phi) is 1.97. The average Bonchev–Trinajstić information content (AvgIpc) is 2.42. The molecule has 0 bridgehead atoms. The van der Waals surface area contributed by atoms with Crippen LogP contribution in [0.4, 0.5) is 5.69 Å². The second-order valence-corrected chi connectivity index (χ2v) is 4.26. The van der Waals surface area contributed by atoms with Gasteiger partial charge in [-0.25, -0.2) is 0 Å². The first-order valence-electron chi connectivity index (χ1n) is 4.30.